The summed E-state index contributed by atoms with van der Waals surface area (Å²) in [6.45, 7) is 6.27. The van der Waals surface area contributed by atoms with Crippen LogP contribution in [-0.4, -0.2) is 43.7 Å². The van der Waals surface area contributed by atoms with Crippen molar-refractivity contribution in [2.45, 2.75) is 23.7 Å². The summed E-state index contributed by atoms with van der Waals surface area (Å²) in [5.41, 5.74) is 2.47. The van der Waals surface area contributed by atoms with Gasteiger partial charge in [0.2, 0.25) is 0 Å². The molecule has 1 fully saturated rings. The fourth-order valence-corrected chi connectivity index (χ4v) is 2.69. The molecule has 1 aromatic heterocycles. The average molecular weight is 268 g/mol. The van der Waals surface area contributed by atoms with Crippen LogP contribution in [-0.2, 0) is 16.0 Å². The highest BCUT2D eigenvalue weighted by Crippen LogP contribution is 2.28. The van der Waals surface area contributed by atoms with Gasteiger partial charge in [-0.15, -0.1) is 0 Å². The van der Waals surface area contributed by atoms with E-state index in [2.05, 4.69) is 23.3 Å². The van der Waals surface area contributed by atoms with Crippen molar-refractivity contribution in [3.63, 3.8) is 0 Å². The Balaban J connectivity index is 1.83. The number of aryl methyl sites for hydroxylation is 1. The van der Waals surface area contributed by atoms with Crippen LogP contribution in [0.5, 0.6) is 0 Å². The van der Waals surface area contributed by atoms with Crippen LogP contribution in [0.25, 0.3) is 0 Å². The number of rotatable bonds is 7. The van der Waals surface area contributed by atoms with E-state index < -0.39 is 0 Å². The van der Waals surface area contributed by atoms with Crippen LogP contribution >= 0.6 is 11.8 Å². The average Bonchev–Trinajstić information content (AvgIpc) is 2.31. The smallest absolute Gasteiger partial charge is 0.0993 e. The van der Waals surface area contributed by atoms with Crippen LogP contribution < -0.4 is 5.32 Å². The molecule has 0 radical (unpaired) electrons. The Morgan fingerprint density at radius 3 is 3.00 bits per heavy atom. The minimum atomic E-state index is 0.585. The number of hydrogen-bond acceptors (Lipinski definition) is 5. The van der Waals surface area contributed by atoms with E-state index >= 15 is 0 Å². The highest BCUT2D eigenvalue weighted by Gasteiger charge is 2.20. The van der Waals surface area contributed by atoms with Gasteiger partial charge in [0, 0.05) is 26.4 Å². The fourth-order valence-electron chi connectivity index (χ4n) is 1.69. The van der Waals surface area contributed by atoms with Gasteiger partial charge in [-0.05, 0) is 18.1 Å². The standard InChI is InChI=1S/C13H20N2O2S/c1-10-5-11(6-14-3-4-16-2)7-15-13(10)18-12-8-17-9-12/h5,7,12,14H,3-4,6,8-9H2,1-2H3. The van der Waals surface area contributed by atoms with E-state index in [-0.39, 0.29) is 0 Å². The lowest BCUT2D eigenvalue weighted by Gasteiger charge is -2.25. The van der Waals surface area contributed by atoms with Crippen LogP contribution in [0.2, 0.25) is 0 Å². The summed E-state index contributed by atoms with van der Waals surface area (Å²) in [5.74, 6) is 0. The zero-order chi connectivity index (χ0) is 12.8. The van der Waals surface area contributed by atoms with Crippen LogP contribution in [0, 0.1) is 6.92 Å². The molecule has 0 atom stereocenters. The van der Waals surface area contributed by atoms with Gasteiger partial charge < -0.3 is 14.8 Å². The fraction of sp³-hybridized carbons (Fsp3) is 0.615. The van der Waals surface area contributed by atoms with E-state index in [1.807, 2.05) is 18.0 Å². The number of hydrogen-bond donors (Lipinski definition) is 1. The molecule has 2 rings (SSSR count). The van der Waals surface area contributed by atoms with Crippen molar-refractivity contribution < 1.29 is 9.47 Å². The molecule has 0 bridgehead atoms. The Kier molecular flexibility index (Phi) is 5.44. The first-order chi connectivity index (χ1) is 8.79. The SMILES string of the molecule is COCCNCc1cnc(SC2COC2)c(C)c1. The van der Waals surface area contributed by atoms with Gasteiger partial charge in [0.25, 0.3) is 0 Å². The number of nitrogens with one attached hydrogen (secondary N) is 1. The molecule has 2 heterocycles. The molecule has 1 aliphatic rings. The summed E-state index contributed by atoms with van der Waals surface area (Å²) in [6, 6.07) is 2.20. The largest absolute Gasteiger partial charge is 0.383 e. The normalized spacial score (nSPS) is 15.7. The molecule has 0 spiro atoms. The predicted molar refractivity (Wildman–Crippen MR) is 73.0 cm³/mol. The van der Waals surface area contributed by atoms with Gasteiger partial charge in [-0.1, -0.05) is 17.8 Å². The van der Waals surface area contributed by atoms with Gasteiger partial charge in [0.1, 0.15) is 0 Å². The van der Waals surface area contributed by atoms with Gasteiger partial charge in [-0.2, -0.15) is 0 Å². The van der Waals surface area contributed by atoms with E-state index in [0.717, 1.165) is 37.9 Å². The lowest BCUT2D eigenvalue weighted by molar-refractivity contribution is 0.0454. The first-order valence-electron chi connectivity index (χ1n) is 6.19. The number of nitrogens with zero attached hydrogens (tertiary/aromatic N) is 1. The molecule has 1 aliphatic heterocycles. The molecule has 1 N–H and O–H groups in total. The highest BCUT2D eigenvalue weighted by atomic mass is 32.2. The molecule has 5 heteroatoms. The second-order valence-electron chi connectivity index (χ2n) is 4.41. The van der Waals surface area contributed by atoms with Gasteiger partial charge in [-0.25, -0.2) is 4.98 Å². The number of pyridine rings is 1. The maximum Gasteiger partial charge on any atom is 0.0993 e. The minimum absolute atomic E-state index is 0.585. The third-order valence-electron chi connectivity index (χ3n) is 2.78. The van der Waals surface area contributed by atoms with Crippen molar-refractivity contribution in [3.8, 4) is 0 Å². The molecular formula is C13H20N2O2S. The molecule has 0 saturated carbocycles. The van der Waals surface area contributed by atoms with Crippen molar-refractivity contribution in [1.29, 1.82) is 0 Å². The Morgan fingerprint density at radius 2 is 2.39 bits per heavy atom. The molecule has 0 aromatic carbocycles. The molecule has 0 amide bonds. The first-order valence-corrected chi connectivity index (χ1v) is 7.07. The quantitative estimate of drug-likeness (QED) is 0.761. The summed E-state index contributed by atoms with van der Waals surface area (Å²) < 4.78 is 10.2. The zero-order valence-electron chi connectivity index (χ0n) is 10.9. The monoisotopic (exact) mass is 268 g/mol. The minimum Gasteiger partial charge on any atom is -0.383 e. The molecular weight excluding hydrogens is 248 g/mol. The number of methoxy groups -OCH3 is 1. The summed E-state index contributed by atoms with van der Waals surface area (Å²) in [5, 5.41) is 5.03. The molecule has 18 heavy (non-hydrogen) atoms. The number of ether oxygens (including phenoxy) is 2. The zero-order valence-corrected chi connectivity index (χ0v) is 11.8. The lowest BCUT2D eigenvalue weighted by atomic mass is 10.2. The van der Waals surface area contributed by atoms with Crippen molar-refractivity contribution in [1.82, 2.24) is 10.3 Å². The van der Waals surface area contributed by atoms with E-state index in [9.17, 15) is 0 Å². The van der Waals surface area contributed by atoms with E-state index in [4.69, 9.17) is 9.47 Å². The number of aromatic nitrogens is 1. The van der Waals surface area contributed by atoms with Crippen molar-refractivity contribution in [2.24, 2.45) is 0 Å². The molecule has 1 aromatic rings. The topological polar surface area (TPSA) is 43.4 Å². The first kappa shape index (κ1) is 13.8. The van der Waals surface area contributed by atoms with E-state index in [1.165, 1.54) is 11.1 Å². The van der Waals surface area contributed by atoms with Gasteiger partial charge in [-0.3, -0.25) is 0 Å². The Labute approximate surface area is 112 Å². The Hall–Kier alpha value is -0.620. The van der Waals surface area contributed by atoms with Crippen molar-refractivity contribution >= 4 is 11.8 Å². The van der Waals surface area contributed by atoms with Gasteiger partial charge in [0.15, 0.2) is 0 Å². The molecule has 1 saturated heterocycles. The second-order valence-corrected chi connectivity index (χ2v) is 5.70. The van der Waals surface area contributed by atoms with Crippen LogP contribution in [0.3, 0.4) is 0 Å². The lowest BCUT2D eigenvalue weighted by Crippen LogP contribution is -2.30. The molecule has 4 nitrogen and oxygen atoms in total. The number of thioether (sulfide) groups is 1. The van der Waals surface area contributed by atoms with Gasteiger partial charge in [0.05, 0.1) is 30.1 Å². The molecule has 0 unspecified atom stereocenters. The summed E-state index contributed by atoms with van der Waals surface area (Å²) in [7, 11) is 1.71. The van der Waals surface area contributed by atoms with Crippen molar-refractivity contribution in [2.75, 3.05) is 33.5 Å². The van der Waals surface area contributed by atoms with Crippen molar-refractivity contribution in [3.05, 3.63) is 23.4 Å². The third-order valence-corrected chi connectivity index (χ3v) is 4.04. The molecule has 100 valence electrons. The maximum atomic E-state index is 5.18. The second kappa shape index (κ2) is 7.09. The van der Waals surface area contributed by atoms with Gasteiger partial charge >= 0.3 is 0 Å². The van der Waals surface area contributed by atoms with Crippen LogP contribution in [0.1, 0.15) is 11.1 Å². The Morgan fingerprint density at radius 1 is 1.56 bits per heavy atom. The van der Waals surface area contributed by atoms with E-state index in [1.54, 1.807) is 7.11 Å². The third kappa shape index (κ3) is 3.95. The predicted octanol–water partition coefficient (Wildman–Crippen LogP) is 1.62. The maximum absolute atomic E-state index is 5.18. The summed E-state index contributed by atoms with van der Waals surface area (Å²) >= 11 is 1.82. The highest BCUT2D eigenvalue weighted by molar-refractivity contribution is 8.00. The Bertz CT molecular complexity index is 383. The van der Waals surface area contributed by atoms with Crippen LogP contribution in [0.15, 0.2) is 17.3 Å². The summed E-state index contributed by atoms with van der Waals surface area (Å²) in [6.07, 6.45) is 1.95. The molecule has 0 aliphatic carbocycles. The van der Waals surface area contributed by atoms with E-state index in [0.29, 0.717) is 5.25 Å². The van der Waals surface area contributed by atoms with Crippen LogP contribution in [0.4, 0.5) is 0 Å². The summed E-state index contributed by atoms with van der Waals surface area (Å²) in [4.78, 5) is 4.54.